The zero-order valence-corrected chi connectivity index (χ0v) is 9.92. The minimum Gasteiger partial charge on any atom is -0.352 e. The molecule has 4 nitrogen and oxygen atoms in total. The Bertz CT molecular complexity index is 355. The fourth-order valence-electron chi connectivity index (χ4n) is 1.78. The van der Waals surface area contributed by atoms with E-state index in [9.17, 15) is 4.79 Å². The standard InChI is InChI=1S/C11H19N3O/c1-5-8-10(11(15)12-7-3)9(6-2)14(4)13-8/h5-7H2,1-4H3,(H,12,15). The summed E-state index contributed by atoms with van der Waals surface area (Å²) in [4.78, 5) is 11.9. The highest BCUT2D eigenvalue weighted by molar-refractivity contribution is 5.96. The molecule has 0 atom stereocenters. The lowest BCUT2D eigenvalue weighted by atomic mass is 10.1. The van der Waals surface area contributed by atoms with Gasteiger partial charge >= 0.3 is 0 Å². The number of aryl methyl sites for hydroxylation is 2. The summed E-state index contributed by atoms with van der Waals surface area (Å²) in [5.74, 6) is -0.000648. The SMILES string of the molecule is CCNC(=O)c1c(CC)nn(C)c1CC. The minimum atomic E-state index is -0.000648. The molecule has 0 spiro atoms. The van der Waals surface area contributed by atoms with Crippen LogP contribution in [0.2, 0.25) is 0 Å². The molecule has 0 saturated heterocycles. The molecular formula is C11H19N3O. The molecule has 0 unspecified atom stereocenters. The molecule has 4 heteroatoms. The largest absolute Gasteiger partial charge is 0.352 e. The number of rotatable bonds is 4. The van der Waals surface area contributed by atoms with Crippen LogP contribution in [0.25, 0.3) is 0 Å². The van der Waals surface area contributed by atoms with E-state index < -0.39 is 0 Å². The molecule has 84 valence electrons. The van der Waals surface area contributed by atoms with E-state index in [-0.39, 0.29) is 5.91 Å². The third-order valence-electron chi connectivity index (χ3n) is 2.47. The molecule has 0 aliphatic rings. The molecule has 1 N–H and O–H groups in total. The Kier molecular flexibility index (Phi) is 3.88. The highest BCUT2D eigenvalue weighted by Crippen LogP contribution is 2.15. The van der Waals surface area contributed by atoms with Gasteiger partial charge in [0.2, 0.25) is 0 Å². The van der Waals surface area contributed by atoms with Crippen LogP contribution in [0.15, 0.2) is 0 Å². The van der Waals surface area contributed by atoms with Crippen LogP contribution in [0.3, 0.4) is 0 Å². The summed E-state index contributed by atoms with van der Waals surface area (Å²) >= 11 is 0. The lowest BCUT2D eigenvalue weighted by molar-refractivity contribution is 0.0954. The summed E-state index contributed by atoms with van der Waals surface area (Å²) in [6, 6.07) is 0. The quantitative estimate of drug-likeness (QED) is 0.812. The van der Waals surface area contributed by atoms with Gasteiger partial charge in [0.25, 0.3) is 5.91 Å². The van der Waals surface area contributed by atoms with Crippen molar-refractivity contribution in [3.63, 3.8) is 0 Å². The molecule has 15 heavy (non-hydrogen) atoms. The van der Waals surface area contributed by atoms with Gasteiger partial charge in [0.1, 0.15) is 0 Å². The van der Waals surface area contributed by atoms with E-state index in [4.69, 9.17) is 0 Å². The third kappa shape index (κ3) is 2.19. The lowest BCUT2D eigenvalue weighted by Crippen LogP contribution is -2.24. The second-order valence-corrected chi connectivity index (χ2v) is 3.46. The van der Waals surface area contributed by atoms with E-state index >= 15 is 0 Å². The molecule has 1 aromatic rings. The van der Waals surface area contributed by atoms with Crippen LogP contribution in [0.4, 0.5) is 0 Å². The van der Waals surface area contributed by atoms with Crippen molar-refractivity contribution < 1.29 is 4.79 Å². The zero-order valence-electron chi connectivity index (χ0n) is 9.92. The van der Waals surface area contributed by atoms with Crippen molar-refractivity contribution >= 4 is 5.91 Å². The van der Waals surface area contributed by atoms with E-state index in [1.165, 1.54) is 0 Å². The van der Waals surface area contributed by atoms with Crippen molar-refractivity contribution in [2.24, 2.45) is 7.05 Å². The molecule has 1 heterocycles. The molecular weight excluding hydrogens is 190 g/mol. The molecule has 0 radical (unpaired) electrons. The van der Waals surface area contributed by atoms with E-state index in [1.54, 1.807) is 0 Å². The van der Waals surface area contributed by atoms with Crippen LogP contribution in [0, 0.1) is 0 Å². The first-order chi connectivity index (χ1) is 7.15. The summed E-state index contributed by atoms with van der Waals surface area (Å²) in [5.41, 5.74) is 2.67. The predicted octanol–water partition coefficient (Wildman–Crippen LogP) is 1.29. The molecule has 1 rings (SSSR count). The second-order valence-electron chi connectivity index (χ2n) is 3.46. The predicted molar refractivity (Wildman–Crippen MR) is 60.0 cm³/mol. The highest BCUT2D eigenvalue weighted by atomic mass is 16.1. The Hall–Kier alpha value is -1.32. The average Bonchev–Trinajstić information content (AvgIpc) is 2.54. The number of hydrogen-bond acceptors (Lipinski definition) is 2. The van der Waals surface area contributed by atoms with Gasteiger partial charge < -0.3 is 5.32 Å². The molecule has 0 saturated carbocycles. The van der Waals surface area contributed by atoms with E-state index in [1.807, 2.05) is 32.5 Å². The van der Waals surface area contributed by atoms with Gasteiger partial charge in [-0.1, -0.05) is 13.8 Å². The molecule has 0 aliphatic carbocycles. The third-order valence-corrected chi connectivity index (χ3v) is 2.47. The van der Waals surface area contributed by atoms with Gasteiger partial charge in [0, 0.05) is 13.6 Å². The molecule has 1 amide bonds. The number of hydrogen-bond donors (Lipinski definition) is 1. The maximum Gasteiger partial charge on any atom is 0.255 e. The number of nitrogens with one attached hydrogen (secondary N) is 1. The molecule has 1 aromatic heterocycles. The number of aromatic nitrogens is 2. The second kappa shape index (κ2) is 4.96. The Balaban J connectivity index is 3.17. The number of amides is 1. The van der Waals surface area contributed by atoms with Crippen molar-refractivity contribution in [3.8, 4) is 0 Å². The van der Waals surface area contributed by atoms with Crippen LogP contribution in [0.1, 0.15) is 42.5 Å². The van der Waals surface area contributed by atoms with Crippen molar-refractivity contribution in [2.75, 3.05) is 6.54 Å². The molecule has 0 bridgehead atoms. The van der Waals surface area contributed by atoms with Gasteiger partial charge in [-0.3, -0.25) is 9.48 Å². The van der Waals surface area contributed by atoms with Crippen molar-refractivity contribution in [3.05, 3.63) is 17.0 Å². The monoisotopic (exact) mass is 209 g/mol. The summed E-state index contributed by atoms with van der Waals surface area (Å²) in [5, 5.41) is 7.19. The fourth-order valence-corrected chi connectivity index (χ4v) is 1.78. The number of carbonyl (C=O) groups excluding carboxylic acids is 1. The topological polar surface area (TPSA) is 46.9 Å². The normalized spacial score (nSPS) is 10.4. The number of carbonyl (C=O) groups is 1. The maximum absolute atomic E-state index is 11.9. The maximum atomic E-state index is 11.9. The Morgan fingerprint density at radius 2 is 2.00 bits per heavy atom. The lowest BCUT2D eigenvalue weighted by Gasteiger charge is -2.04. The average molecular weight is 209 g/mol. The molecule has 0 aliphatic heterocycles. The van der Waals surface area contributed by atoms with Gasteiger partial charge in [-0.25, -0.2) is 0 Å². The Morgan fingerprint density at radius 1 is 1.33 bits per heavy atom. The van der Waals surface area contributed by atoms with Gasteiger partial charge in [-0.05, 0) is 19.8 Å². The van der Waals surface area contributed by atoms with Crippen molar-refractivity contribution in [2.45, 2.75) is 33.6 Å². The number of nitrogens with zero attached hydrogens (tertiary/aromatic N) is 2. The van der Waals surface area contributed by atoms with Gasteiger partial charge in [0.05, 0.1) is 17.0 Å². The van der Waals surface area contributed by atoms with E-state index in [2.05, 4.69) is 10.4 Å². The Morgan fingerprint density at radius 3 is 2.47 bits per heavy atom. The summed E-state index contributed by atoms with van der Waals surface area (Å²) < 4.78 is 1.81. The van der Waals surface area contributed by atoms with Crippen LogP contribution >= 0.6 is 0 Å². The Labute approximate surface area is 90.7 Å². The van der Waals surface area contributed by atoms with Crippen molar-refractivity contribution in [1.29, 1.82) is 0 Å². The smallest absolute Gasteiger partial charge is 0.255 e. The first-order valence-electron chi connectivity index (χ1n) is 5.48. The fraction of sp³-hybridized carbons (Fsp3) is 0.636. The summed E-state index contributed by atoms with van der Waals surface area (Å²) in [6.07, 6.45) is 1.62. The highest BCUT2D eigenvalue weighted by Gasteiger charge is 2.19. The molecule has 0 fully saturated rings. The van der Waals surface area contributed by atoms with Crippen LogP contribution in [-0.2, 0) is 19.9 Å². The molecule has 0 aromatic carbocycles. The van der Waals surface area contributed by atoms with E-state index in [0.29, 0.717) is 6.54 Å². The van der Waals surface area contributed by atoms with E-state index in [0.717, 1.165) is 29.8 Å². The van der Waals surface area contributed by atoms with Crippen LogP contribution < -0.4 is 5.32 Å². The first kappa shape index (κ1) is 11.8. The van der Waals surface area contributed by atoms with Crippen LogP contribution in [0.5, 0.6) is 0 Å². The van der Waals surface area contributed by atoms with Crippen LogP contribution in [-0.4, -0.2) is 22.2 Å². The van der Waals surface area contributed by atoms with Gasteiger partial charge in [-0.2, -0.15) is 5.10 Å². The van der Waals surface area contributed by atoms with Gasteiger partial charge in [-0.15, -0.1) is 0 Å². The van der Waals surface area contributed by atoms with Gasteiger partial charge in [0.15, 0.2) is 0 Å². The minimum absolute atomic E-state index is 0.000648. The van der Waals surface area contributed by atoms with Crippen molar-refractivity contribution in [1.82, 2.24) is 15.1 Å². The summed E-state index contributed by atoms with van der Waals surface area (Å²) in [7, 11) is 1.89. The first-order valence-corrected chi connectivity index (χ1v) is 5.48. The zero-order chi connectivity index (χ0) is 11.4. The summed E-state index contributed by atoms with van der Waals surface area (Å²) in [6.45, 7) is 6.63.